The van der Waals surface area contributed by atoms with Crippen molar-refractivity contribution in [1.82, 2.24) is 10.6 Å². The molecule has 7 heteroatoms. The third-order valence-electron chi connectivity index (χ3n) is 2.87. The van der Waals surface area contributed by atoms with Gasteiger partial charge in [-0.2, -0.15) is 0 Å². The highest BCUT2D eigenvalue weighted by atomic mass is 79.9. The van der Waals surface area contributed by atoms with E-state index >= 15 is 0 Å². The third kappa shape index (κ3) is 6.95. The summed E-state index contributed by atoms with van der Waals surface area (Å²) >= 11 is 3.41. The quantitative estimate of drug-likeness (QED) is 0.591. The average Bonchev–Trinajstić information content (AvgIpc) is 2.45. The molecule has 0 aromatic heterocycles. The third-order valence-corrected chi connectivity index (χ3v) is 3.56. The van der Waals surface area contributed by atoms with Gasteiger partial charge in [0, 0.05) is 16.6 Å². The monoisotopic (exact) mass is 396 g/mol. The number of ether oxygens (including phenoxy) is 1. The van der Waals surface area contributed by atoms with Gasteiger partial charge in [-0.15, -0.1) is 0 Å². The molecule has 1 rings (SSSR count). The Morgan fingerprint density at radius 2 is 1.88 bits per heavy atom. The van der Waals surface area contributed by atoms with Gasteiger partial charge in [-0.05, 0) is 51.0 Å². The molecule has 0 radical (unpaired) electrons. The molecule has 0 aliphatic rings. The van der Waals surface area contributed by atoms with E-state index in [4.69, 9.17) is 4.74 Å². The lowest BCUT2D eigenvalue weighted by atomic mass is 10.1. The Morgan fingerprint density at radius 3 is 2.46 bits per heavy atom. The number of esters is 1. The summed E-state index contributed by atoms with van der Waals surface area (Å²) < 4.78 is 5.82. The molecule has 130 valence electrons. The smallest absolute Gasteiger partial charge is 0.331 e. The Labute approximate surface area is 149 Å². The van der Waals surface area contributed by atoms with E-state index in [-0.39, 0.29) is 6.04 Å². The molecule has 0 aliphatic heterocycles. The maximum absolute atomic E-state index is 11.8. The molecular weight excluding hydrogens is 376 g/mol. The number of imide groups is 1. The molecule has 1 aromatic carbocycles. The molecule has 0 saturated heterocycles. The summed E-state index contributed by atoms with van der Waals surface area (Å²) in [6, 6.07) is 4.96. The van der Waals surface area contributed by atoms with Gasteiger partial charge in [0.25, 0.3) is 5.91 Å². The van der Waals surface area contributed by atoms with Crippen LogP contribution in [0.2, 0.25) is 0 Å². The van der Waals surface area contributed by atoms with E-state index in [9.17, 15) is 14.4 Å². The molecule has 6 nitrogen and oxygen atoms in total. The van der Waals surface area contributed by atoms with Crippen molar-refractivity contribution >= 4 is 39.9 Å². The van der Waals surface area contributed by atoms with Gasteiger partial charge in [0.1, 0.15) is 0 Å². The van der Waals surface area contributed by atoms with Crippen LogP contribution in [0.5, 0.6) is 0 Å². The summed E-state index contributed by atoms with van der Waals surface area (Å²) in [7, 11) is 0. The Hall–Kier alpha value is -2.15. The van der Waals surface area contributed by atoms with Crippen LogP contribution in [-0.2, 0) is 14.3 Å². The highest BCUT2D eigenvalue weighted by Gasteiger charge is 2.19. The van der Waals surface area contributed by atoms with Gasteiger partial charge in [-0.3, -0.25) is 10.1 Å². The molecule has 1 aromatic rings. The number of amides is 3. The Kier molecular flexibility index (Phi) is 7.64. The van der Waals surface area contributed by atoms with E-state index in [1.54, 1.807) is 19.9 Å². The van der Waals surface area contributed by atoms with Crippen molar-refractivity contribution in [2.24, 2.45) is 0 Å². The Balaban J connectivity index is 2.55. The zero-order chi connectivity index (χ0) is 18.3. The van der Waals surface area contributed by atoms with E-state index in [0.717, 1.165) is 15.6 Å². The van der Waals surface area contributed by atoms with Gasteiger partial charge < -0.3 is 10.1 Å². The average molecular weight is 397 g/mol. The van der Waals surface area contributed by atoms with E-state index in [0.29, 0.717) is 0 Å². The minimum absolute atomic E-state index is 0.105. The summed E-state index contributed by atoms with van der Waals surface area (Å²) in [6.07, 6.45) is 1.73. The number of hydrogen-bond donors (Lipinski definition) is 2. The molecular formula is C17H21BrN2O4. The van der Waals surface area contributed by atoms with Crippen molar-refractivity contribution in [1.29, 1.82) is 0 Å². The van der Waals surface area contributed by atoms with Crippen molar-refractivity contribution in [2.45, 2.75) is 39.8 Å². The zero-order valence-electron chi connectivity index (χ0n) is 14.1. The molecule has 0 bridgehead atoms. The fraction of sp³-hybridized carbons (Fsp3) is 0.353. The second-order valence-corrected chi connectivity index (χ2v) is 6.41. The predicted molar refractivity (Wildman–Crippen MR) is 95.3 cm³/mol. The fourth-order valence-electron chi connectivity index (χ4n) is 1.70. The molecule has 0 fully saturated rings. The summed E-state index contributed by atoms with van der Waals surface area (Å²) in [5, 5.41) is 4.62. The van der Waals surface area contributed by atoms with Crippen LogP contribution in [-0.4, -0.2) is 30.1 Å². The summed E-state index contributed by atoms with van der Waals surface area (Å²) in [5.41, 5.74) is 1.90. The first-order chi connectivity index (χ1) is 11.2. The lowest BCUT2D eigenvalue weighted by Gasteiger charge is -2.13. The van der Waals surface area contributed by atoms with Gasteiger partial charge in [0.15, 0.2) is 6.10 Å². The van der Waals surface area contributed by atoms with E-state index in [2.05, 4.69) is 26.6 Å². The van der Waals surface area contributed by atoms with Crippen LogP contribution >= 0.6 is 15.9 Å². The number of carbonyl (C=O) groups excluding carboxylic acids is 3. The number of halogens is 1. The maximum Gasteiger partial charge on any atom is 0.331 e. The zero-order valence-corrected chi connectivity index (χ0v) is 15.6. The second-order valence-electron chi connectivity index (χ2n) is 5.55. The van der Waals surface area contributed by atoms with E-state index in [1.165, 1.54) is 13.0 Å². The Bertz CT molecular complexity index is 656. The van der Waals surface area contributed by atoms with Crippen molar-refractivity contribution in [3.05, 3.63) is 39.9 Å². The van der Waals surface area contributed by atoms with E-state index < -0.39 is 24.0 Å². The van der Waals surface area contributed by atoms with Crippen LogP contribution in [0.3, 0.4) is 0 Å². The maximum atomic E-state index is 11.8. The number of urea groups is 1. The lowest BCUT2D eigenvalue weighted by molar-refractivity contribution is -0.149. The van der Waals surface area contributed by atoms with Crippen LogP contribution in [0.15, 0.2) is 28.7 Å². The lowest BCUT2D eigenvalue weighted by Crippen LogP contribution is -2.46. The van der Waals surface area contributed by atoms with Gasteiger partial charge in [-0.25, -0.2) is 9.59 Å². The number of carbonyl (C=O) groups is 3. The van der Waals surface area contributed by atoms with Crippen molar-refractivity contribution in [3.63, 3.8) is 0 Å². The molecule has 0 unspecified atom stereocenters. The van der Waals surface area contributed by atoms with Crippen LogP contribution in [0.4, 0.5) is 4.79 Å². The molecule has 3 amide bonds. The van der Waals surface area contributed by atoms with Gasteiger partial charge >= 0.3 is 12.0 Å². The fourth-order valence-corrected chi connectivity index (χ4v) is 2.33. The number of rotatable bonds is 5. The predicted octanol–water partition coefficient (Wildman–Crippen LogP) is 2.94. The van der Waals surface area contributed by atoms with Crippen molar-refractivity contribution < 1.29 is 19.1 Å². The number of nitrogens with one attached hydrogen (secondary N) is 2. The topological polar surface area (TPSA) is 84.5 Å². The minimum Gasteiger partial charge on any atom is -0.449 e. The number of benzene rings is 1. The first-order valence-corrected chi connectivity index (χ1v) is 8.24. The highest BCUT2D eigenvalue weighted by Crippen LogP contribution is 2.19. The first-order valence-electron chi connectivity index (χ1n) is 7.45. The van der Waals surface area contributed by atoms with Gasteiger partial charge in [-0.1, -0.05) is 28.1 Å². The normalized spacial score (nSPS) is 12.1. The molecule has 0 aliphatic carbocycles. The summed E-state index contributed by atoms with van der Waals surface area (Å²) in [6.45, 7) is 6.89. The SMILES string of the molecule is Cc1ccc(/C=C/C(=O)O[C@@H](C)C(=O)NC(=O)NC(C)C)c(Br)c1. The van der Waals surface area contributed by atoms with Crippen molar-refractivity contribution in [3.8, 4) is 0 Å². The van der Waals surface area contributed by atoms with Crippen LogP contribution < -0.4 is 10.6 Å². The molecule has 1 atom stereocenters. The standard InChI is InChI=1S/C17H21BrN2O4/c1-10(2)19-17(23)20-16(22)12(4)24-15(21)8-7-13-6-5-11(3)9-14(13)18/h5-10,12H,1-4H3,(H2,19,20,22,23)/b8-7+/t12-/m0/s1. The van der Waals surface area contributed by atoms with Crippen LogP contribution in [0.1, 0.15) is 31.9 Å². The number of aryl methyl sites for hydroxylation is 1. The highest BCUT2D eigenvalue weighted by molar-refractivity contribution is 9.10. The van der Waals surface area contributed by atoms with Crippen molar-refractivity contribution in [2.75, 3.05) is 0 Å². The first kappa shape index (κ1) is 19.9. The largest absolute Gasteiger partial charge is 0.449 e. The van der Waals surface area contributed by atoms with Crippen LogP contribution in [0.25, 0.3) is 6.08 Å². The summed E-state index contributed by atoms with van der Waals surface area (Å²) in [5.74, 6) is -1.36. The minimum atomic E-state index is -1.08. The molecule has 0 heterocycles. The molecule has 0 saturated carbocycles. The second kappa shape index (κ2) is 9.22. The van der Waals surface area contributed by atoms with Gasteiger partial charge in [0.2, 0.25) is 0 Å². The molecule has 2 N–H and O–H groups in total. The van der Waals surface area contributed by atoms with E-state index in [1.807, 2.05) is 25.1 Å². The van der Waals surface area contributed by atoms with Gasteiger partial charge in [0.05, 0.1) is 0 Å². The Morgan fingerprint density at radius 1 is 1.21 bits per heavy atom. The van der Waals surface area contributed by atoms with Crippen LogP contribution in [0, 0.1) is 6.92 Å². The molecule has 0 spiro atoms. The number of hydrogen-bond acceptors (Lipinski definition) is 4. The molecule has 24 heavy (non-hydrogen) atoms. The summed E-state index contributed by atoms with van der Waals surface area (Å²) in [4.78, 5) is 35.0.